The van der Waals surface area contributed by atoms with Crippen molar-refractivity contribution in [2.24, 2.45) is 4.99 Å². The lowest BCUT2D eigenvalue weighted by molar-refractivity contribution is -0.143. The predicted molar refractivity (Wildman–Crippen MR) is 87.8 cm³/mol. The Labute approximate surface area is 136 Å². The van der Waals surface area contributed by atoms with Gasteiger partial charge in [-0.15, -0.1) is 24.0 Å². The highest BCUT2D eigenvalue weighted by Gasteiger charge is 2.28. The van der Waals surface area contributed by atoms with E-state index in [1.54, 1.807) is 7.05 Å². The predicted octanol–water partition coefficient (Wildman–Crippen LogP) is 2.45. The van der Waals surface area contributed by atoms with Crippen molar-refractivity contribution in [2.75, 3.05) is 33.7 Å². The monoisotopic (exact) mass is 410 g/mol. The minimum absolute atomic E-state index is 0. The van der Waals surface area contributed by atoms with Gasteiger partial charge in [-0.05, 0) is 33.4 Å². The third-order valence-electron chi connectivity index (χ3n) is 2.68. The van der Waals surface area contributed by atoms with Crippen LogP contribution in [-0.4, -0.2) is 56.8 Å². The molecule has 0 radical (unpaired) electrons. The summed E-state index contributed by atoms with van der Waals surface area (Å²) in [5, 5.41) is 6.27. The second-order valence-corrected chi connectivity index (χ2v) is 4.66. The Kier molecular flexibility index (Phi) is 12.6. The highest BCUT2D eigenvalue weighted by molar-refractivity contribution is 14.0. The van der Waals surface area contributed by atoms with Crippen LogP contribution in [0.15, 0.2) is 4.99 Å². The highest BCUT2D eigenvalue weighted by Crippen LogP contribution is 2.15. The Balaban J connectivity index is 0. The van der Waals surface area contributed by atoms with Gasteiger partial charge in [0, 0.05) is 19.6 Å². The summed E-state index contributed by atoms with van der Waals surface area (Å²) in [6, 6.07) is 0.319. The van der Waals surface area contributed by atoms with E-state index >= 15 is 0 Å². The summed E-state index contributed by atoms with van der Waals surface area (Å²) in [6.45, 7) is 4.24. The minimum Gasteiger partial charge on any atom is -0.356 e. The van der Waals surface area contributed by atoms with Gasteiger partial charge in [-0.25, -0.2) is 0 Å². The molecule has 1 unspecified atom stereocenters. The number of nitrogens with zero attached hydrogens (tertiary/aromatic N) is 2. The van der Waals surface area contributed by atoms with Crippen LogP contribution in [0.1, 0.15) is 26.7 Å². The zero-order valence-corrected chi connectivity index (χ0v) is 14.9. The van der Waals surface area contributed by atoms with Crippen LogP contribution in [0.5, 0.6) is 0 Å². The zero-order valence-electron chi connectivity index (χ0n) is 12.5. The number of rotatable bonds is 7. The van der Waals surface area contributed by atoms with E-state index in [2.05, 4.69) is 22.5 Å². The fourth-order valence-electron chi connectivity index (χ4n) is 1.47. The summed E-state index contributed by atoms with van der Waals surface area (Å²) < 4.78 is 36.3. The van der Waals surface area contributed by atoms with Crippen molar-refractivity contribution in [1.82, 2.24) is 15.5 Å². The number of guanidine groups is 1. The molecule has 4 nitrogen and oxygen atoms in total. The van der Waals surface area contributed by atoms with Crippen molar-refractivity contribution in [2.45, 2.75) is 38.9 Å². The van der Waals surface area contributed by atoms with E-state index in [9.17, 15) is 13.2 Å². The molecule has 0 bridgehead atoms. The molecule has 122 valence electrons. The van der Waals surface area contributed by atoms with Crippen molar-refractivity contribution in [1.29, 1.82) is 0 Å². The molecule has 8 heteroatoms. The first-order valence-electron chi connectivity index (χ1n) is 6.51. The SMILES string of the molecule is CCC(C)NC(=NC)NCCCN(C)CC(F)(F)F.I. The maximum absolute atomic E-state index is 12.1. The molecule has 2 N–H and O–H groups in total. The minimum atomic E-state index is -4.13. The number of aliphatic imine (C=N–C) groups is 1. The van der Waals surface area contributed by atoms with Crippen LogP contribution in [0.2, 0.25) is 0 Å². The van der Waals surface area contributed by atoms with Gasteiger partial charge in [0.2, 0.25) is 0 Å². The number of halogens is 4. The van der Waals surface area contributed by atoms with Crippen LogP contribution in [0.25, 0.3) is 0 Å². The number of alkyl halides is 3. The molecule has 1 atom stereocenters. The fourth-order valence-corrected chi connectivity index (χ4v) is 1.47. The molecular formula is C12H26F3IN4. The Morgan fingerprint density at radius 1 is 1.35 bits per heavy atom. The van der Waals surface area contributed by atoms with Crippen LogP contribution in [0, 0.1) is 0 Å². The molecule has 0 heterocycles. The van der Waals surface area contributed by atoms with Crippen molar-refractivity contribution in [3.63, 3.8) is 0 Å². The third-order valence-corrected chi connectivity index (χ3v) is 2.68. The second-order valence-electron chi connectivity index (χ2n) is 4.66. The summed E-state index contributed by atoms with van der Waals surface area (Å²) in [7, 11) is 3.15. The van der Waals surface area contributed by atoms with E-state index in [0.717, 1.165) is 6.42 Å². The van der Waals surface area contributed by atoms with Crippen LogP contribution in [0.4, 0.5) is 13.2 Å². The van der Waals surface area contributed by atoms with Crippen molar-refractivity contribution in [3.05, 3.63) is 0 Å². The number of hydrogen-bond acceptors (Lipinski definition) is 2. The van der Waals surface area contributed by atoms with E-state index < -0.39 is 12.7 Å². The van der Waals surface area contributed by atoms with Crippen LogP contribution >= 0.6 is 24.0 Å². The van der Waals surface area contributed by atoms with Gasteiger partial charge >= 0.3 is 6.18 Å². The second kappa shape index (κ2) is 11.4. The van der Waals surface area contributed by atoms with Crippen LogP contribution in [0.3, 0.4) is 0 Å². The molecule has 0 aromatic carbocycles. The molecule has 20 heavy (non-hydrogen) atoms. The molecule has 0 amide bonds. The molecule has 0 spiro atoms. The van der Waals surface area contributed by atoms with Gasteiger partial charge in [-0.1, -0.05) is 6.92 Å². The molecule has 0 saturated heterocycles. The van der Waals surface area contributed by atoms with E-state index in [1.807, 2.05) is 6.92 Å². The molecule has 0 fully saturated rings. The third kappa shape index (κ3) is 12.8. The van der Waals surface area contributed by atoms with Gasteiger partial charge in [-0.2, -0.15) is 13.2 Å². The average Bonchev–Trinajstić information content (AvgIpc) is 2.30. The lowest BCUT2D eigenvalue weighted by atomic mass is 10.3. The molecule has 0 saturated carbocycles. The summed E-state index contributed by atoms with van der Waals surface area (Å²) in [5.41, 5.74) is 0. The smallest absolute Gasteiger partial charge is 0.356 e. The molecule has 0 aromatic heterocycles. The summed E-state index contributed by atoms with van der Waals surface area (Å²) in [4.78, 5) is 5.32. The largest absolute Gasteiger partial charge is 0.401 e. The quantitative estimate of drug-likeness (QED) is 0.293. The van der Waals surface area contributed by atoms with Crippen LogP contribution in [-0.2, 0) is 0 Å². The van der Waals surface area contributed by atoms with Crippen LogP contribution < -0.4 is 10.6 Å². The first kappa shape index (κ1) is 22.0. The first-order valence-corrected chi connectivity index (χ1v) is 6.51. The molecule has 0 aliphatic carbocycles. The van der Waals surface area contributed by atoms with E-state index in [4.69, 9.17) is 0 Å². The summed E-state index contributed by atoms with van der Waals surface area (Å²) in [5.74, 6) is 0.688. The van der Waals surface area contributed by atoms with Gasteiger partial charge in [0.25, 0.3) is 0 Å². The van der Waals surface area contributed by atoms with E-state index in [0.29, 0.717) is 31.5 Å². The maximum Gasteiger partial charge on any atom is 0.401 e. The number of nitrogens with one attached hydrogen (secondary N) is 2. The topological polar surface area (TPSA) is 39.7 Å². The average molecular weight is 410 g/mol. The molecular weight excluding hydrogens is 384 g/mol. The fraction of sp³-hybridized carbons (Fsp3) is 0.917. The molecule has 0 aliphatic rings. The maximum atomic E-state index is 12.1. The Morgan fingerprint density at radius 3 is 2.40 bits per heavy atom. The first-order chi connectivity index (χ1) is 8.78. The summed E-state index contributed by atoms with van der Waals surface area (Å²) >= 11 is 0. The molecule has 0 aromatic rings. The van der Waals surface area contributed by atoms with Crippen molar-refractivity contribution in [3.8, 4) is 0 Å². The zero-order chi connectivity index (χ0) is 14.9. The Hall–Kier alpha value is -0.250. The standard InChI is InChI=1S/C12H25F3N4.HI/c1-5-10(2)18-11(16-3)17-7-6-8-19(4)9-12(13,14)15;/h10H,5-9H2,1-4H3,(H2,16,17,18);1H. The van der Waals surface area contributed by atoms with Gasteiger partial charge < -0.3 is 10.6 Å². The van der Waals surface area contributed by atoms with Gasteiger partial charge in [0.15, 0.2) is 5.96 Å². The van der Waals surface area contributed by atoms with Gasteiger partial charge in [-0.3, -0.25) is 9.89 Å². The number of hydrogen-bond donors (Lipinski definition) is 2. The summed E-state index contributed by atoms with van der Waals surface area (Å²) in [6.07, 6.45) is -2.51. The molecule has 0 aliphatic heterocycles. The normalized spacial score (nSPS) is 13.9. The van der Waals surface area contributed by atoms with E-state index in [1.165, 1.54) is 11.9 Å². The van der Waals surface area contributed by atoms with Gasteiger partial charge in [0.05, 0.1) is 6.54 Å². The Morgan fingerprint density at radius 2 is 1.95 bits per heavy atom. The van der Waals surface area contributed by atoms with E-state index in [-0.39, 0.29) is 24.0 Å². The highest BCUT2D eigenvalue weighted by atomic mass is 127. The van der Waals surface area contributed by atoms with Crippen molar-refractivity contribution >= 4 is 29.9 Å². The lowest BCUT2D eigenvalue weighted by Gasteiger charge is -2.19. The Bertz CT molecular complexity index is 272. The van der Waals surface area contributed by atoms with Crippen molar-refractivity contribution < 1.29 is 13.2 Å². The van der Waals surface area contributed by atoms with Gasteiger partial charge in [0.1, 0.15) is 0 Å². The lowest BCUT2D eigenvalue weighted by Crippen LogP contribution is -2.43. The molecule has 0 rings (SSSR count).